The van der Waals surface area contributed by atoms with Crippen molar-refractivity contribution in [2.75, 3.05) is 5.75 Å². The standard InChI is InChI=1S/C8H10N2OS/c1-2-7(11)5-12-8-3-4-9-6-10-8/h3-4,6H,2,5H2,1H3. The summed E-state index contributed by atoms with van der Waals surface area (Å²) >= 11 is 1.45. The van der Waals surface area contributed by atoms with Gasteiger partial charge in [0, 0.05) is 12.6 Å². The van der Waals surface area contributed by atoms with Gasteiger partial charge in [0.2, 0.25) is 0 Å². The number of nitrogens with zero attached hydrogens (tertiary/aromatic N) is 2. The third-order valence-corrected chi connectivity index (χ3v) is 2.33. The van der Waals surface area contributed by atoms with Crippen molar-refractivity contribution in [2.24, 2.45) is 0 Å². The molecule has 0 amide bonds. The molecule has 1 aromatic rings. The SMILES string of the molecule is CCC(=O)CSc1ccncn1. The summed E-state index contributed by atoms with van der Waals surface area (Å²) in [4.78, 5) is 18.7. The molecular weight excluding hydrogens is 172 g/mol. The lowest BCUT2D eigenvalue weighted by Gasteiger charge is -1.96. The van der Waals surface area contributed by atoms with Crippen LogP contribution in [-0.2, 0) is 4.79 Å². The molecule has 1 aromatic heterocycles. The fourth-order valence-electron chi connectivity index (χ4n) is 0.620. The Bertz CT molecular complexity index is 250. The van der Waals surface area contributed by atoms with Crippen LogP contribution < -0.4 is 0 Å². The molecule has 0 bridgehead atoms. The maximum Gasteiger partial charge on any atom is 0.142 e. The van der Waals surface area contributed by atoms with E-state index in [1.54, 1.807) is 12.3 Å². The lowest BCUT2D eigenvalue weighted by atomic mass is 10.4. The molecule has 0 aromatic carbocycles. The monoisotopic (exact) mass is 182 g/mol. The van der Waals surface area contributed by atoms with Crippen molar-refractivity contribution in [1.29, 1.82) is 0 Å². The van der Waals surface area contributed by atoms with Gasteiger partial charge in [-0.25, -0.2) is 9.97 Å². The normalized spacial score (nSPS) is 9.75. The molecule has 0 radical (unpaired) electrons. The van der Waals surface area contributed by atoms with E-state index in [4.69, 9.17) is 0 Å². The van der Waals surface area contributed by atoms with Gasteiger partial charge in [-0.2, -0.15) is 0 Å². The first-order valence-corrected chi connectivity index (χ1v) is 4.72. The van der Waals surface area contributed by atoms with E-state index >= 15 is 0 Å². The molecule has 0 aliphatic carbocycles. The third-order valence-electron chi connectivity index (χ3n) is 1.33. The number of aromatic nitrogens is 2. The molecule has 0 atom stereocenters. The maximum atomic E-state index is 10.9. The van der Waals surface area contributed by atoms with Gasteiger partial charge < -0.3 is 0 Å². The molecule has 0 spiro atoms. The quantitative estimate of drug-likeness (QED) is 0.523. The molecule has 0 aliphatic rings. The van der Waals surface area contributed by atoms with Crippen LogP contribution in [0.5, 0.6) is 0 Å². The highest BCUT2D eigenvalue weighted by atomic mass is 32.2. The topological polar surface area (TPSA) is 42.9 Å². The molecule has 0 saturated heterocycles. The van der Waals surface area contributed by atoms with E-state index in [0.717, 1.165) is 5.03 Å². The fourth-order valence-corrected chi connectivity index (χ4v) is 1.41. The molecule has 12 heavy (non-hydrogen) atoms. The van der Waals surface area contributed by atoms with Gasteiger partial charge in [-0.05, 0) is 6.07 Å². The summed E-state index contributed by atoms with van der Waals surface area (Å²) in [6.07, 6.45) is 3.75. The third kappa shape index (κ3) is 3.00. The van der Waals surface area contributed by atoms with Crippen molar-refractivity contribution in [3.63, 3.8) is 0 Å². The summed E-state index contributed by atoms with van der Waals surface area (Å²) in [5.74, 6) is 0.756. The van der Waals surface area contributed by atoms with Crippen LogP contribution in [0.1, 0.15) is 13.3 Å². The average molecular weight is 182 g/mol. The Balaban J connectivity index is 2.38. The highest BCUT2D eigenvalue weighted by Crippen LogP contribution is 2.13. The number of hydrogen-bond acceptors (Lipinski definition) is 4. The molecule has 64 valence electrons. The van der Waals surface area contributed by atoms with Gasteiger partial charge in [0.1, 0.15) is 12.1 Å². The molecular formula is C8H10N2OS. The zero-order valence-corrected chi connectivity index (χ0v) is 7.67. The van der Waals surface area contributed by atoms with Crippen molar-refractivity contribution in [1.82, 2.24) is 9.97 Å². The lowest BCUT2D eigenvalue weighted by Crippen LogP contribution is -1.98. The van der Waals surface area contributed by atoms with Crippen LogP contribution in [0.15, 0.2) is 23.6 Å². The molecule has 1 rings (SSSR count). The van der Waals surface area contributed by atoms with Crippen molar-refractivity contribution >= 4 is 17.5 Å². The van der Waals surface area contributed by atoms with E-state index in [-0.39, 0.29) is 5.78 Å². The number of Topliss-reactive ketones (excluding diaryl/α,β-unsaturated/α-hetero) is 1. The zero-order valence-electron chi connectivity index (χ0n) is 6.86. The Hall–Kier alpha value is -0.900. The molecule has 0 fully saturated rings. The van der Waals surface area contributed by atoms with Crippen LogP contribution in [0.4, 0.5) is 0 Å². The zero-order chi connectivity index (χ0) is 8.81. The van der Waals surface area contributed by atoms with Gasteiger partial charge in [-0.1, -0.05) is 18.7 Å². The van der Waals surface area contributed by atoms with Gasteiger partial charge in [0.25, 0.3) is 0 Å². The maximum absolute atomic E-state index is 10.9. The smallest absolute Gasteiger partial charge is 0.142 e. The van der Waals surface area contributed by atoms with Crippen molar-refractivity contribution in [2.45, 2.75) is 18.4 Å². The van der Waals surface area contributed by atoms with E-state index in [1.807, 2.05) is 6.92 Å². The van der Waals surface area contributed by atoms with Gasteiger partial charge in [-0.3, -0.25) is 4.79 Å². The summed E-state index contributed by atoms with van der Waals surface area (Å²) in [5.41, 5.74) is 0. The molecule has 1 heterocycles. The highest BCUT2D eigenvalue weighted by molar-refractivity contribution is 7.99. The predicted molar refractivity (Wildman–Crippen MR) is 48.1 cm³/mol. The molecule has 0 unspecified atom stereocenters. The summed E-state index contributed by atoms with van der Waals surface area (Å²) < 4.78 is 0. The van der Waals surface area contributed by atoms with Gasteiger partial charge in [0.15, 0.2) is 0 Å². The number of carbonyl (C=O) groups is 1. The largest absolute Gasteiger partial charge is 0.299 e. The Morgan fingerprint density at radius 3 is 3.08 bits per heavy atom. The first kappa shape index (κ1) is 9.19. The minimum Gasteiger partial charge on any atom is -0.299 e. The Labute approximate surface area is 75.6 Å². The van der Waals surface area contributed by atoms with Crippen LogP contribution in [0.3, 0.4) is 0 Å². The number of thioether (sulfide) groups is 1. The second-order valence-corrected chi connectivity index (χ2v) is 3.22. The van der Waals surface area contributed by atoms with Crippen LogP contribution in [-0.4, -0.2) is 21.5 Å². The summed E-state index contributed by atoms with van der Waals surface area (Å²) in [6, 6.07) is 1.80. The molecule has 0 saturated carbocycles. The minimum atomic E-state index is 0.249. The minimum absolute atomic E-state index is 0.249. The van der Waals surface area contributed by atoms with Gasteiger partial charge >= 0.3 is 0 Å². The number of carbonyl (C=O) groups excluding carboxylic acids is 1. The number of ketones is 1. The van der Waals surface area contributed by atoms with Gasteiger partial charge in [0.05, 0.1) is 10.8 Å². The fraction of sp³-hybridized carbons (Fsp3) is 0.375. The number of rotatable bonds is 4. The van der Waals surface area contributed by atoms with E-state index in [0.29, 0.717) is 12.2 Å². The van der Waals surface area contributed by atoms with Crippen LogP contribution in [0, 0.1) is 0 Å². The van der Waals surface area contributed by atoms with E-state index in [2.05, 4.69) is 9.97 Å². The Morgan fingerprint density at radius 2 is 2.50 bits per heavy atom. The molecule has 0 aliphatic heterocycles. The van der Waals surface area contributed by atoms with Crippen molar-refractivity contribution < 1.29 is 4.79 Å². The molecule has 0 N–H and O–H groups in total. The molecule has 3 nitrogen and oxygen atoms in total. The van der Waals surface area contributed by atoms with E-state index in [1.165, 1.54) is 18.1 Å². The predicted octanol–water partition coefficient (Wildman–Crippen LogP) is 1.55. The Morgan fingerprint density at radius 1 is 1.67 bits per heavy atom. The van der Waals surface area contributed by atoms with Crippen molar-refractivity contribution in [3.8, 4) is 0 Å². The number of hydrogen-bond donors (Lipinski definition) is 0. The Kier molecular flexibility index (Phi) is 3.73. The second kappa shape index (κ2) is 4.87. The van der Waals surface area contributed by atoms with E-state index < -0.39 is 0 Å². The second-order valence-electron chi connectivity index (χ2n) is 2.23. The lowest BCUT2D eigenvalue weighted by molar-refractivity contribution is -0.116. The average Bonchev–Trinajstić information content (AvgIpc) is 2.16. The summed E-state index contributed by atoms with van der Waals surface area (Å²) in [7, 11) is 0. The van der Waals surface area contributed by atoms with Crippen LogP contribution in [0.25, 0.3) is 0 Å². The first-order chi connectivity index (χ1) is 5.83. The molecule has 4 heteroatoms. The van der Waals surface area contributed by atoms with Gasteiger partial charge in [-0.15, -0.1) is 0 Å². The summed E-state index contributed by atoms with van der Waals surface area (Å²) in [6.45, 7) is 1.86. The van der Waals surface area contributed by atoms with E-state index in [9.17, 15) is 4.79 Å². The first-order valence-electron chi connectivity index (χ1n) is 3.73. The van der Waals surface area contributed by atoms with Crippen LogP contribution in [0.2, 0.25) is 0 Å². The highest BCUT2D eigenvalue weighted by Gasteiger charge is 1.99. The summed E-state index contributed by atoms with van der Waals surface area (Å²) in [5, 5.41) is 0.854. The van der Waals surface area contributed by atoms with Crippen molar-refractivity contribution in [3.05, 3.63) is 18.6 Å². The van der Waals surface area contributed by atoms with Crippen LogP contribution >= 0.6 is 11.8 Å².